The number of rotatable bonds is 5. The van der Waals surface area contributed by atoms with E-state index >= 15 is 0 Å². The molecule has 0 saturated carbocycles. The smallest absolute Gasteiger partial charge is 0.242 e. The lowest BCUT2D eigenvalue weighted by atomic mass is 10.1. The van der Waals surface area contributed by atoms with Gasteiger partial charge in [0.05, 0.1) is 11.7 Å². The van der Waals surface area contributed by atoms with Crippen molar-refractivity contribution in [1.82, 2.24) is 4.72 Å². The van der Waals surface area contributed by atoms with Crippen LogP contribution in [0.1, 0.15) is 18.5 Å². The molecule has 2 aromatic rings. The van der Waals surface area contributed by atoms with Crippen molar-refractivity contribution in [2.24, 2.45) is 0 Å². The zero-order valence-electron chi connectivity index (χ0n) is 11.9. The van der Waals surface area contributed by atoms with Crippen molar-refractivity contribution in [2.75, 3.05) is 12.4 Å². The average molecular weight is 306 g/mol. The van der Waals surface area contributed by atoms with Crippen molar-refractivity contribution in [3.8, 4) is 5.75 Å². The minimum absolute atomic E-state index is 0.173. The summed E-state index contributed by atoms with van der Waals surface area (Å²) >= 11 is 0. The van der Waals surface area contributed by atoms with Gasteiger partial charge < -0.3 is 10.4 Å². The lowest BCUT2D eigenvalue weighted by Crippen LogP contribution is -2.20. The highest BCUT2D eigenvalue weighted by atomic mass is 32.2. The minimum Gasteiger partial charge on any atom is -0.508 e. The fourth-order valence-corrected chi connectivity index (χ4v) is 2.99. The van der Waals surface area contributed by atoms with Gasteiger partial charge in [0.15, 0.2) is 0 Å². The first-order valence-corrected chi connectivity index (χ1v) is 8.01. The van der Waals surface area contributed by atoms with Crippen LogP contribution < -0.4 is 10.0 Å². The molecule has 0 aliphatic carbocycles. The van der Waals surface area contributed by atoms with Gasteiger partial charge in [-0.05, 0) is 32.2 Å². The third-order valence-electron chi connectivity index (χ3n) is 3.22. The fraction of sp³-hybridized carbons (Fsp3) is 0.200. The molecule has 0 aliphatic heterocycles. The predicted molar refractivity (Wildman–Crippen MR) is 82.8 cm³/mol. The molecule has 1 unspecified atom stereocenters. The number of phenols is 1. The summed E-state index contributed by atoms with van der Waals surface area (Å²) < 4.78 is 26.3. The van der Waals surface area contributed by atoms with E-state index in [4.69, 9.17) is 0 Å². The normalized spacial score (nSPS) is 12.9. The zero-order chi connectivity index (χ0) is 15.5. The van der Waals surface area contributed by atoms with Crippen molar-refractivity contribution >= 4 is 15.7 Å². The third-order valence-corrected chi connectivity index (χ3v) is 4.69. The Labute approximate surface area is 124 Å². The zero-order valence-corrected chi connectivity index (χ0v) is 12.7. The number of nitrogens with one attached hydrogen (secondary N) is 2. The van der Waals surface area contributed by atoms with E-state index in [1.54, 1.807) is 36.4 Å². The lowest BCUT2D eigenvalue weighted by molar-refractivity contribution is 0.465. The van der Waals surface area contributed by atoms with Gasteiger partial charge in [-0.25, -0.2) is 13.1 Å². The highest BCUT2D eigenvalue weighted by Crippen LogP contribution is 2.29. The molecule has 0 amide bonds. The van der Waals surface area contributed by atoms with E-state index in [0.29, 0.717) is 11.3 Å². The van der Waals surface area contributed by atoms with Gasteiger partial charge in [-0.1, -0.05) is 30.3 Å². The Morgan fingerprint density at radius 3 is 2.33 bits per heavy atom. The number of benzene rings is 2. The van der Waals surface area contributed by atoms with Crippen molar-refractivity contribution < 1.29 is 13.5 Å². The SMILES string of the molecule is CNS(=O)(=O)c1ccccc1NC(C)c1ccccc1O. The summed E-state index contributed by atoms with van der Waals surface area (Å²) in [4.78, 5) is 0.176. The summed E-state index contributed by atoms with van der Waals surface area (Å²) in [6.07, 6.45) is 0. The molecule has 0 heterocycles. The first-order valence-electron chi connectivity index (χ1n) is 6.52. The molecule has 0 radical (unpaired) electrons. The van der Waals surface area contributed by atoms with Gasteiger partial charge in [-0.2, -0.15) is 0 Å². The fourth-order valence-electron chi connectivity index (χ4n) is 2.09. The Bertz CT molecular complexity index is 729. The second-order valence-corrected chi connectivity index (χ2v) is 6.48. The van der Waals surface area contributed by atoms with Crippen LogP contribution >= 0.6 is 0 Å². The maximum Gasteiger partial charge on any atom is 0.242 e. The van der Waals surface area contributed by atoms with E-state index in [0.717, 1.165) is 0 Å². The third kappa shape index (κ3) is 3.34. The summed E-state index contributed by atoms with van der Waals surface area (Å²) in [7, 11) is -2.17. The molecule has 21 heavy (non-hydrogen) atoms. The maximum absolute atomic E-state index is 12.0. The molecule has 2 aromatic carbocycles. The molecule has 0 saturated heterocycles. The summed E-state index contributed by atoms with van der Waals surface area (Å²) in [5.74, 6) is 0.173. The van der Waals surface area contributed by atoms with Gasteiger partial charge in [0.2, 0.25) is 10.0 Å². The van der Waals surface area contributed by atoms with Crippen LogP contribution in [-0.2, 0) is 10.0 Å². The maximum atomic E-state index is 12.0. The second kappa shape index (κ2) is 6.15. The standard InChI is InChI=1S/C15H18N2O3S/c1-11(12-7-3-5-9-14(12)18)17-13-8-4-6-10-15(13)21(19,20)16-2/h3-11,16-18H,1-2H3. The Morgan fingerprint density at radius 2 is 1.67 bits per heavy atom. The molecule has 3 N–H and O–H groups in total. The van der Waals surface area contributed by atoms with Crippen LogP contribution in [-0.4, -0.2) is 20.6 Å². The Kier molecular flexibility index (Phi) is 4.50. The van der Waals surface area contributed by atoms with Gasteiger partial charge >= 0.3 is 0 Å². The largest absolute Gasteiger partial charge is 0.508 e. The van der Waals surface area contributed by atoms with Gasteiger partial charge in [0.1, 0.15) is 10.6 Å². The van der Waals surface area contributed by atoms with Crippen LogP contribution in [0.4, 0.5) is 5.69 Å². The summed E-state index contributed by atoms with van der Waals surface area (Å²) in [5.41, 5.74) is 1.19. The van der Waals surface area contributed by atoms with Crippen LogP contribution in [0.15, 0.2) is 53.4 Å². The van der Waals surface area contributed by atoms with Crippen LogP contribution in [0.3, 0.4) is 0 Å². The molecular formula is C15H18N2O3S. The number of hydrogen-bond acceptors (Lipinski definition) is 4. The second-order valence-electron chi connectivity index (χ2n) is 4.63. The van der Waals surface area contributed by atoms with E-state index in [9.17, 15) is 13.5 Å². The van der Waals surface area contributed by atoms with Gasteiger partial charge in [-0.15, -0.1) is 0 Å². The van der Waals surface area contributed by atoms with E-state index in [-0.39, 0.29) is 16.7 Å². The van der Waals surface area contributed by atoms with E-state index in [1.807, 2.05) is 13.0 Å². The monoisotopic (exact) mass is 306 g/mol. The molecule has 1 atom stereocenters. The molecule has 5 nitrogen and oxygen atoms in total. The van der Waals surface area contributed by atoms with Crippen LogP contribution in [0, 0.1) is 0 Å². The summed E-state index contributed by atoms with van der Waals surface area (Å²) in [5, 5.41) is 13.0. The Hall–Kier alpha value is -2.05. The Morgan fingerprint density at radius 1 is 1.05 bits per heavy atom. The van der Waals surface area contributed by atoms with E-state index in [2.05, 4.69) is 10.0 Å². The highest BCUT2D eigenvalue weighted by molar-refractivity contribution is 7.89. The van der Waals surface area contributed by atoms with Crippen molar-refractivity contribution in [3.63, 3.8) is 0 Å². The van der Waals surface area contributed by atoms with Crippen LogP contribution in [0.5, 0.6) is 5.75 Å². The van der Waals surface area contributed by atoms with Gasteiger partial charge in [0, 0.05) is 5.56 Å². The molecule has 0 spiro atoms. The van der Waals surface area contributed by atoms with E-state index < -0.39 is 10.0 Å². The number of phenolic OH excluding ortho intramolecular Hbond substituents is 1. The average Bonchev–Trinajstić information content (AvgIpc) is 2.48. The topological polar surface area (TPSA) is 78.4 Å². The molecule has 0 fully saturated rings. The van der Waals surface area contributed by atoms with Gasteiger partial charge in [0.25, 0.3) is 0 Å². The van der Waals surface area contributed by atoms with Crippen molar-refractivity contribution in [2.45, 2.75) is 17.9 Å². The molecule has 0 aliphatic rings. The van der Waals surface area contributed by atoms with Crippen molar-refractivity contribution in [1.29, 1.82) is 0 Å². The molecule has 112 valence electrons. The molecule has 6 heteroatoms. The van der Waals surface area contributed by atoms with Gasteiger partial charge in [-0.3, -0.25) is 0 Å². The molecule has 0 aromatic heterocycles. The van der Waals surface area contributed by atoms with Crippen LogP contribution in [0.25, 0.3) is 0 Å². The lowest BCUT2D eigenvalue weighted by Gasteiger charge is -2.19. The quantitative estimate of drug-likeness (QED) is 0.793. The minimum atomic E-state index is -3.54. The number of sulfonamides is 1. The molecule has 0 bridgehead atoms. The Balaban J connectivity index is 2.35. The number of hydrogen-bond donors (Lipinski definition) is 3. The summed E-state index contributed by atoms with van der Waals surface area (Å²) in [6.45, 7) is 1.86. The molecular weight excluding hydrogens is 288 g/mol. The number of anilines is 1. The first kappa shape index (κ1) is 15.3. The van der Waals surface area contributed by atoms with E-state index in [1.165, 1.54) is 13.1 Å². The predicted octanol–water partition coefficient (Wildman–Crippen LogP) is 2.47. The molecule has 2 rings (SSSR count). The highest BCUT2D eigenvalue weighted by Gasteiger charge is 2.18. The van der Waals surface area contributed by atoms with Crippen LogP contribution in [0.2, 0.25) is 0 Å². The first-order chi connectivity index (χ1) is 9.95. The summed E-state index contributed by atoms with van der Waals surface area (Å²) in [6, 6.07) is 13.4. The van der Waals surface area contributed by atoms with Crippen molar-refractivity contribution in [3.05, 3.63) is 54.1 Å². The number of aromatic hydroxyl groups is 1. The number of para-hydroxylation sites is 2.